The highest BCUT2D eigenvalue weighted by molar-refractivity contribution is 7.89. The van der Waals surface area contributed by atoms with Crippen molar-refractivity contribution in [1.29, 1.82) is 5.26 Å². The van der Waals surface area contributed by atoms with Crippen molar-refractivity contribution >= 4 is 21.6 Å². The van der Waals surface area contributed by atoms with Crippen LogP contribution in [0.4, 0.5) is 0 Å². The lowest BCUT2D eigenvalue weighted by atomic mass is 10.2. The molecular formula is C11H9ClN4O2S. The fourth-order valence-corrected chi connectivity index (χ4v) is 2.56. The molecule has 0 bridgehead atoms. The van der Waals surface area contributed by atoms with Gasteiger partial charge in [0.05, 0.1) is 12.7 Å². The second-order valence-electron chi connectivity index (χ2n) is 3.80. The number of rotatable bonds is 3. The number of halogens is 1. The van der Waals surface area contributed by atoms with Gasteiger partial charge in [-0.05, 0) is 17.7 Å². The topological polar surface area (TPSA) is 102 Å². The number of nitriles is 1. The minimum atomic E-state index is -4.01. The lowest BCUT2D eigenvalue weighted by Crippen LogP contribution is -2.19. The first-order chi connectivity index (χ1) is 8.91. The van der Waals surface area contributed by atoms with Crippen molar-refractivity contribution in [3.8, 4) is 6.07 Å². The Balaban J connectivity index is 2.45. The van der Waals surface area contributed by atoms with E-state index < -0.39 is 10.0 Å². The third kappa shape index (κ3) is 2.93. The van der Waals surface area contributed by atoms with Crippen molar-refractivity contribution < 1.29 is 8.42 Å². The van der Waals surface area contributed by atoms with Crippen LogP contribution in [0.15, 0.2) is 35.5 Å². The van der Waals surface area contributed by atoms with Gasteiger partial charge in [-0.15, -0.1) is 0 Å². The van der Waals surface area contributed by atoms with Crippen LogP contribution in [-0.4, -0.2) is 18.2 Å². The molecule has 0 aliphatic heterocycles. The molecule has 2 rings (SSSR count). The zero-order valence-electron chi connectivity index (χ0n) is 9.62. The number of nitrogens with two attached hydrogens (primary N) is 1. The zero-order chi connectivity index (χ0) is 14.0. The highest BCUT2D eigenvalue weighted by Crippen LogP contribution is 2.16. The van der Waals surface area contributed by atoms with Gasteiger partial charge in [-0.1, -0.05) is 23.7 Å². The van der Waals surface area contributed by atoms with Gasteiger partial charge in [-0.2, -0.15) is 10.4 Å². The summed E-state index contributed by atoms with van der Waals surface area (Å²) in [6.07, 6.45) is 1.18. The molecule has 1 aromatic heterocycles. The second kappa shape index (κ2) is 5.01. The van der Waals surface area contributed by atoms with Gasteiger partial charge in [0.2, 0.25) is 0 Å². The third-order valence-electron chi connectivity index (χ3n) is 2.43. The van der Waals surface area contributed by atoms with Crippen LogP contribution >= 0.6 is 11.6 Å². The largest absolute Gasteiger partial charge is 0.256 e. The molecule has 19 heavy (non-hydrogen) atoms. The molecular weight excluding hydrogens is 288 g/mol. The van der Waals surface area contributed by atoms with Gasteiger partial charge >= 0.3 is 0 Å². The van der Waals surface area contributed by atoms with Crippen LogP contribution in [0.2, 0.25) is 5.02 Å². The third-order valence-corrected chi connectivity index (χ3v) is 3.65. The molecule has 1 heterocycles. The van der Waals surface area contributed by atoms with Crippen LogP contribution in [0.1, 0.15) is 11.1 Å². The van der Waals surface area contributed by atoms with E-state index in [0.717, 1.165) is 5.56 Å². The Morgan fingerprint density at radius 3 is 2.53 bits per heavy atom. The summed E-state index contributed by atoms with van der Waals surface area (Å²) in [5.74, 6) is 0. The summed E-state index contributed by atoms with van der Waals surface area (Å²) in [5, 5.41) is 18.1. The van der Waals surface area contributed by atoms with Gasteiger partial charge in [0, 0.05) is 5.02 Å². The highest BCUT2D eigenvalue weighted by Gasteiger charge is 2.21. The Morgan fingerprint density at radius 2 is 2.00 bits per heavy atom. The monoisotopic (exact) mass is 296 g/mol. The number of primary sulfonamides is 1. The Bertz CT molecular complexity index is 744. The maximum atomic E-state index is 11.5. The van der Waals surface area contributed by atoms with Gasteiger partial charge in [0.1, 0.15) is 11.6 Å². The van der Waals surface area contributed by atoms with Gasteiger partial charge in [0.25, 0.3) is 10.0 Å². The Labute approximate surface area is 115 Å². The van der Waals surface area contributed by atoms with Crippen molar-refractivity contribution in [3.05, 3.63) is 46.6 Å². The first kappa shape index (κ1) is 13.5. The van der Waals surface area contributed by atoms with E-state index in [-0.39, 0.29) is 17.1 Å². The van der Waals surface area contributed by atoms with Crippen molar-refractivity contribution in [3.63, 3.8) is 0 Å². The molecule has 1 aromatic carbocycles. The van der Waals surface area contributed by atoms with Crippen LogP contribution in [0.5, 0.6) is 0 Å². The van der Waals surface area contributed by atoms with E-state index in [1.165, 1.54) is 10.9 Å². The highest BCUT2D eigenvalue weighted by atomic mass is 35.5. The first-order valence-electron chi connectivity index (χ1n) is 5.15. The number of hydrogen-bond donors (Lipinski definition) is 1. The number of benzene rings is 1. The maximum absolute atomic E-state index is 11.5. The fraction of sp³-hybridized carbons (Fsp3) is 0.0909. The first-order valence-corrected chi connectivity index (χ1v) is 7.07. The molecule has 0 saturated heterocycles. The molecule has 8 heteroatoms. The smallest absolute Gasteiger partial charge is 0.247 e. The van der Waals surface area contributed by atoms with E-state index >= 15 is 0 Å². The normalized spacial score (nSPS) is 11.2. The molecule has 0 aliphatic carbocycles. The number of aromatic nitrogens is 2. The van der Waals surface area contributed by atoms with Crippen LogP contribution in [0, 0.1) is 11.3 Å². The lowest BCUT2D eigenvalue weighted by Gasteiger charge is -2.06. The molecule has 0 aliphatic rings. The summed E-state index contributed by atoms with van der Waals surface area (Å²) in [6, 6.07) is 8.60. The van der Waals surface area contributed by atoms with Crippen LogP contribution in [0.25, 0.3) is 0 Å². The summed E-state index contributed by atoms with van der Waals surface area (Å²) < 4.78 is 24.1. The molecule has 0 atom stereocenters. The van der Waals surface area contributed by atoms with Gasteiger partial charge < -0.3 is 0 Å². The van der Waals surface area contributed by atoms with Crippen molar-refractivity contribution in [2.75, 3.05) is 0 Å². The lowest BCUT2D eigenvalue weighted by molar-refractivity contribution is 0.563. The average Bonchev–Trinajstić information content (AvgIpc) is 2.75. The molecule has 2 aromatic rings. The van der Waals surface area contributed by atoms with E-state index in [4.69, 9.17) is 22.0 Å². The molecule has 0 radical (unpaired) electrons. The van der Waals surface area contributed by atoms with Crippen molar-refractivity contribution in [1.82, 2.24) is 9.78 Å². The van der Waals surface area contributed by atoms with E-state index in [9.17, 15) is 8.42 Å². The summed E-state index contributed by atoms with van der Waals surface area (Å²) in [5.41, 5.74) is 0.721. The Kier molecular flexibility index (Phi) is 3.57. The van der Waals surface area contributed by atoms with E-state index in [0.29, 0.717) is 5.02 Å². The summed E-state index contributed by atoms with van der Waals surface area (Å²) in [4.78, 5) is 0. The van der Waals surface area contributed by atoms with Crippen LogP contribution < -0.4 is 5.14 Å². The van der Waals surface area contributed by atoms with Crippen LogP contribution in [-0.2, 0) is 16.6 Å². The summed E-state index contributed by atoms with van der Waals surface area (Å²) >= 11 is 5.76. The summed E-state index contributed by atoms with van der Waals surface area (Å²) in [7, 11) is -4.01. The fourth-order valence-electron chi connectivity index (χ4n) is 1.63. The van der Waals surface area contributed by atoms with E-state index in [1.807, 2.05) is 0 Å². The predicted molar refractivity (Wildman–Crippen MR) is 68.9 cm³/mol. The predicted octanol–water partition coefficient (Wildman–Crippen LogP) is 1.10. The molecule has 2 N–H and O–H groups in total. The molecule has 0 fully saturated rings. The van der Waals surface area contributed by atoms with Crippen molar-refractivity contribution in [2.45, 2.75) is 11.6 Å². The minimum absolute atomic E-state index is 0.0727. The molecule has 0 saturated carbocycles. The average molecular weight is 297 g/mol. The zero-order valence-corrected chi connectivity index (χ0v) is 11.2. The molecule has 0 amide bonds. The minimum Gasteiger partial charge on any atom is -0.247 e. The Morgan fingerprint density at radius 1 is 1.37 bits per heavy atom. The van der Waals surface area contributed by atoms with E-state index in [2.05, 4.69) is 5.10 Å². The quantitative estimate of drug-likeness (QED) is 0.916. The second-order valence-corrected chi connectivity index (χ2v) is 5.72. The molecule has 98 valence electrons. The van der Waals surface area contributed by atoms with Crippen LogP contribution in [0.3, 0.4) is 0 Å². The molecule has 0 spiro atoms. The van der Waals surface area contributed by atoms with Gasteiger partial charge in [0.15, 0.2) is 5.03 Å². The number of sulfonamides is 1. The SMILES string of the molecule is N#Cc1cnn(Cc2ccc(Cl)cc2)c1S(N)(=O)=O. The number of hydrogen-bond acceptors (Lipinski definition) is 4. The molecule has 0 unspecified atom stereocenters. The van der Waals surface area contributed by atoms with Crippen molar-refractivity contribution in [2.24, 2.45) is 5.14 Å². The maximum Gasteiger partial charge on any atom is 0.256 e. The Hall–Kier alpha value is -1.88. The standard InChI is InChI=1S/C11H9ClN4O2S/c12-10-3-1-8(2-4-10)7-16-11(19(14,17)18)9(5-13)6-15-16/h1-4,6H,7H2,(H2,14,17,18). The van der Waals surface area contributed by atoms with Gasteiger partial charge in [-0.3, -0.25) is 0 Å². The summed E-state index contributed by atoms with van der Waals surface area (Å²) in [6.45, 7) is 0.185. The number of nitrogens with zero attached hydrogens (tertiary/aromatic N) is 3. The van der Waals surface area contributed by atoms with Gasteiger partial charge in [-0.25, -0.2) is 18.2 Å². The van der Waals surface area contributed by atoms with E-state index in [1.54, 1.807) is 30.3 Å². The molecule has 6 nitrogen and oxygen atoms in total.